The Morgan fingerprint density at radius 1 is 1.64 bits per heavy atom. The molecule has 0 amide bonds. The fourth-order valence-electron chi connectivity index (χ4n) is 1.74. The monoisotopic (exact) mass is 193 g/mol. The van der Waals surface area contributed by atoms with E-state index in [0.717, 1.165) is 25.3 Å². The predicted molar refractivity (Wildman–Crippen MR) is 56.1 cm³/mol. The first kappa shape index (κ1) is 9.21. The molecule has 5 heteroatoms. The van der Waals surface area contributed by atoms with E-state index < -0.39 is 0 Å². The van der Waals surface area contributed by atoms with E-state index in [9.17, 15) is 0 Å². The second kappa shape index (κ2) is 3.79. The lowest BCUT2D eigenvalue weighted by atomic mass is 10.3. The van der Waals surface area contributed by atoms with Crippen LogP contribution in [0.25, 0.3) is 0 Å². The normalized spacial score (nSPS) is 21.5. The quantitative estimate of drug-likeness (QED) is 0.684. The van der Waals surface area contributed by atoms with Crippen molar-refractivity contribution in [2.45, 2.75) is 12.5 Å². The van der Waals surface area contributed by atoms with Crippen molar-refractivity contribution in [3.8, 4) is 0 Å². The maximum atomic E-state index is 5.53. The molecule has 5 nitrogen and oxygen atoms in total. The van der Waals surface area contributed by atoms with Gasteiger partial charge in [-0.2, -0.15) is 4.98 Å². The van der Waals surface area contributed by atoms with Gasteiger partial charge in [-0.05, 0) is 19.5 Å². The number of anilines is 2. The van der Waals surface area contributed by atoms with Gasteiger partial charge in [0.2, 0.25) is 5.95 Å². The zero-order valence-electron chi connectivity index (χ0n) is 8.27. The molecule has 3 N–H and O–H groups in total. The van der Waals surface area contributed by atoms with Crippen molar-refractivity contribution in [3.05, 3.63) is 12.3 Å². The van der Waals surface area contributed by atoms with Crippen molar-refractivity contribution in [3.63, 3.8) is 0 Å². The summed E-state index contributed by atoms with van der Waals surface area (Å²) in [5, 5.41) is 3.26. The second-order valence-electron chi connectivity index (χ2n) is 3.49. The molecule has 0 unspecified atom stereocenters. The van der Waals surface area contributed by atoms with Gasteiger partial charge in [0.15, 0.2) is 0 Å². The Hall–Kier alpha value is -1.36. The number of nitrogens with two attached hydrogens (primary N) is 1. The summed E-state index contributed by atoms with van der Waals surface area (Å²) in [6.45, 7) is 2.02. The van der Waals surface area contributed by atoms with E-state index in [0.29, 0.717) is 12.0 Å². The summed E-state index contributed by atoms with van der Waals surface area (Å²) in [5.41, 5.74) is 5.53. The summed E-state index contributed by atoms with van der Waals surface area (Å²) in [4.78, 5) is 10.3. The molecule has 14 heavy (non-hydrogen) atoms. The molecular formula is C9H15N5. The summed E-state index contributed by atoms with van der Waals surface area (Å²) in [6.07, 6.45) is 2.85. The van der Waals surface area contributed by atoms with Crippen molar-refractivity contribution >= 4 is 11.8 Å². The molecule has 0 aliphatic carbocycles. The summed E-state index contributed by atoms with van der Waals surface area (Å²) in [5.74, 6) is 1.27. The Bertz CT molecular complexity index is 314. The van der Waals surface area contributed by atoms with Gasteiger partial charge in [-0.15, -0.1) is 0 Å². The smallest absolute Gasteiger partial charge is 0.221 e. The lowest BCUT2D eigenvalue weighted by molar-refractivity contribution is 0.616. The maximum absolute atomic E-state index is 5.53. The molecule has 1 aliphatic rings. The molecule has 0 bridgehead atoms. The molecule has 1 fully saturated rings. The van der Waals surface area contributed by atoms with Crippen LogP contribution in [0.5, 0.6) is 0 Å². The Balaban J connectivity index is 2.09. The SMILES string of the molecule is CN[C@H]1CCN(c2ccnc(N)n2)C1. The highest BCUT2D eigenvalue weighted by molar-refractivity contribution is 5.42. The van der Waals surface area contributed by atoms with Crippen LogP contribution in [0.15, 0.2) is 12.3 Å². The third-order valence-corrected chi connectivity index (χ3v) is 2.58. The first-order valence-electron chi connectivity index (χ1n) is 4.80. The number of nitrogens with one attached hydrogen (secondary N) is 1. The minimum atomic E-state index is 0.343. The van der Waals surface area contributed by atoms with Gasteiger partial charge in [-0.3, -0.25) is 0 Å². The summed E-state index contributed by atoms with van der Waals surface area (Å²) in [6, 6.07) is 2.46. The molecule has 1 aromatic heterocycles. The molecular weight excluding hydrogens is 178 g/mol. The summed E-state index contributed by atoms with van der Waals surface area (Å²) < 4.78 is 0. The number of nitrogens with zero attached hydrogens (tertiary/aromatic N) is 3. The highest BCUT2D eigenvalue weighted by Crippen LogP contribution is 2.17. The van der Waals surface area contributed by atoms with Crippen LogP contribution in [0.1, 0.15) is 6.42 Å². The van der Waals surface area contributed by atoms with E-state index in [1.54, 1.807) is 6.20 Å². The number of hydrogen-bond donors (Lipinski definition) is 2. The molecule has 2 heterocycles. The van der Waals surface area contributed by atoms with Crippen LogP contribution in [0.4, 0.5) is 11.8 Å². The van der Waals surface area contributed by atoms with Gasteiger partial charge in [0.25, 0.3) is 0 Å². The lowest BCUT2D eigenvalue weighted by Gasteiger charge is -2.16. The van der Waals surface area contributed by atoms with Crippen LogP contribution >= 0.6 is 0 Å². The van der Waals surface area contributed by atoms with Crippen molar-refractivity contribution in [1.29, 1.82) is 0 Å². The van der Waals surface area contributed by atoms with E-state index in [-0.39, 0.29) is 0 Å². The molecule has 1 aromatic rings. The van der Waals surface area contributed by atoms with E-state index in [1.165, 1.54) is 0 Å². The van der Waals surface area contributed by atoms with E-state index in [2.05, 4.69) is 20.2 Å². The molecule has 0 aromatic carbocycles. The minimum Gasteiger partial charge on any atom is -0.368 e. The van der Waals surface area contributed by atoms with Crippen LogP contribution < -0.4 is 16.0 Å². The third-order valence-electron chi connectivity index (χ3n) is 2.58. The average molecular weight is 193 g/mol. The van der Waals surface area contributed by atoms with Crippen LogP contribution in [0.3, 0.4) is 0 Å². The molecule has 1 aliphatic heterocycles. The van der Waals surface area contributed by atoms with Crippen LogP contribution in [0.2, 0.25) is 0 Å². The van der Waals surface area contributed by atoms with Crippen LogP contribution in [0, 0.1) is 0 Å². The average Bonchev–Trinajstić information content (AvgIpc) is 2.66. The highest BCUT2D eigenvalue weighted by Gasteiger charge is 2.21. The van der Waals surface area contributed by atoms with Gasteiger partial charge >= 0.3 is 0 Å². The second-order valence-corrected chi connectivity index (χ2v) is 3.49. The first-order valence-corrected chi connectivity index (χ1v) is 4.80. The fraction of sp³-hybridized carbons (Fsp3) is 0.556. The molecule has 0 spiro atoms. The van der Waals surface area contributed by atoms with Gasteiger partial charge in [0, 0.05) is 25.3 Å². The summed E-state index contributed by atoms with van der Waals surface area (Å²) >= 11 is 0. The standard InChI is InChI=1S/C9H15N5/c1-11-7-3-5-14(6-7)8-2-4-12-9(10)13-8/h2,4,7,11H,3,5-6H2,1H3,(H2,10,12,13)/t7-/m0/s1. The first-order chi connectivity index (χ1) is 6.79. The molecule has 2 rings (SSSR count). The Labute approximate surface area is 83.3 Å². The highest BCUT2D eigenvalue weighted by atomic mass is 15.2. The topological polar surface area (TPSA) is 67.1 Å². The molecule has 0 saturated carbocycles. The minimum absolute atomic E-state index is 0.343. The van der Waals surface area contributed by atoms with Gasteiger partial charge in [-0.1, -0.05) is 0 Å². The van der Waals surface area contributed by atoms with Gasteiger partial charge in [0.05, 0.1) is 0 Å². The van der Waals surface area contributed by atoms with Gasteiger partial charge in [-0.25, -0.2) is 4.98 Å². The Morgan fingerprint density at radius 3 is 3.14 bits per heavy atom. The van der Waals surface area contributed by atoms with E-state index in [1.807, 2.05) is 13.1 Å². The van der Waals surface area contributed by atoms with Gasteiger partial charge in [0.1, 0.15) is 5.82 Å². The largest absolute Gasteiger partial charge is 0.368 e. The number of nitrogen functional groups attached to an aromatic ring is 1. The van der Waals surface area contributed by atoms with Crippen molar-refractivity contribution in [1.82, 2.24) is 15.3 Å². The maximum Gasteiger partial charge on any atom is 0.221 e. The number of rotatable bonds is 2. The molecule has 1 saturated heterocycles. The number of aromatic nitrogens is 2. The van der Waals surface area contributed by atoms with Crippen molar-refractivity contribution in [2.75, 3.05) is 30.8 Å². The van der Waals surface area contributed by atoms with Crippen LogP contribution in [-0.4, -0.2) is 36.1 Å². The predicted octanol–water partition coefficient (Wildman–Crippen LogP) is -0.143. The summed E-state index contributed by atoms with van der Waals surface area (Å²) in [7, 11) is 1.99. The van der Waals surface area contributed by atoms with Crippen molar-refractivity contribution in [2.24, 2.45) is 0 Å². The van der Waals surface area contributed by atoms with Gasteiger partial charge < -0.3 is 16.0 Å². The zero-order valence-corrected chi connectivity index (χ0v) is 8.27. The Morgan fingerprint density at radius 2 is 2.50 bits per heavy atom. The Kier molecular flexibility index (Phi) is 2.49. The van der Waals surface area contributed by atoms with E-state index >= 15 is 0 Å². The lowest BCUT2D eigenvalue weighted by Crippen LogP contribution is -2.29. The molecule has 1 atom stereocenters. The van der Waals surface area contributed by atoms with E-state index in [4.69, 9.17) is 5.73 Å². The number of likely N-dealkylation sites (N-methyl/N-ethyl adjacent to an activating group) is 1. The fourth-order valence-corrected chi connectivity index (χ4v) is 1.74. The number of hydrogen-bond acceptors (Lipinski definition) is 5. The van der Waals surface area contributed by atoms with Crippen molar-refractivity contribution < 1.29 is 0 Å². The molecule has 76 valence electrons. The molecule has 0 radical (unpaired) electrons. The zero-order chi connectivity index (χ0) is 9.97. The third kappa shape index (κ3) is 1.77. The van der Waals surface area contributed by atoms with Crippen LogP contribution in [-0.2, 0) is 0 Å².